The van der Waals surface area contributed by atoms with E-state index in [1.807, 2.05) is 0 Å². The molecule has 0 spiro atoms. The van der Waals surface area contributed by atoms with Gasteiger partial charge in [0.2, 0.25) is 0 Å². The smallest absolute Gasteiger partial charge is 0.303 e. The van der Waals surface area contributed by atoms with Gasteiger partial charge in [-0.3, -0.25) is 9.59 Å². The number of rotatable bonds is 39. The molecule has 3 aliphatic rings. The van der Waals surface area contributed by atoms with Crippen molar-refractivity contribution in [3.8, 4) is 0 Å². The molecule has 14 atom stereocenters. The molecule has 3 saturated carbocycles. The molecule has 0 saturated heterocycles. The van der Waals surface area contributed by atoms with Gasteiger partial charge in [0.1, 0.15) is 0 Å². The first kappa shape index (κ1) is 73.0. The lowest BCUT2D eigenvalue weighted by Crippen LogP contribution is -2.17. The van der Waals surface area contributed by atoms with E-state index in [-0.39, 0.29) is 0 Å². The van der Waals surface area contributed by atoms with E-state index in [0.717, 1.165) is 107 Å². The van der Waals surface area contributed by atoms with Gasteiger partial charge >= 0.3 is 11.9 Å². The molecule has 76 heavy (non-hydrogen) atoms. The third kappa shape index (κ3) is 35.6. The van der Waals surface area contributed by atoms with Crippen LogP contribution in [0, 0.1) is 118 Å². The monoisotopic (exact) mass is 1070 g/mol. The molecule has 3 rings (SSSR count). The van der Waals surface area contributed by atoms with Crippen molar-refractivity contribution in [1.29, 1.82) is 0 Å². The number of carboxylic acid groups (broad SMARTS) is 2. The van der Waals surface area contributed by atoms with Crippen LogP contribution in [0.25, 0.3) is 0 Å². The SMILES string of the molecule is CC(C)C(C)C1CCC(C2CCC(C(C)CC(=O)O)C2)C1.CC(C)CCCC(C)CCC(CCCC(C)C)CCC(CCCC(C)C)CCC(C)CCCC(C)C.CC(CCCC1CCC(C(C)C(C)C)C1)CC(=O)O. The summed E-state index contributed by atoms with van der Waals surface area (Å²) in [4.78, 5) is 21.5. The van der Waals surface area contributed by atoms with E-state index >= 15 is 0 Å². The predicted molar refractivity (Wildman–Crippen MR) is 335 cm³/mol. The highest BCUT2D eigenvalue weighted by Crippen LogP contribution is 2.49. The second-order valence-electron chi connectivity index (χ2n) is 30.5. The van der Waals surface area contributed by atoms with Gasteiger partial charge in [0.05, 0.1) is 0 Å². The summed E-state index contributed by atoms with van der Waals surface area (Å²) in [5.41, 5.74) is 0. The maximum absolute atomic E-state index is 10.9. The molecule has 4 nitrogen and oxygen atoms in total. The molecule has 2 N–H and O–H groups in total. The highest BCUT2D eigenvalue weighted by Gasteiger charge is 2.39. The van der Waals surface area contributed by atoms with Gasteiger partial charge in [-0.1, -0.05) is 266 Å². The summed E-state index contributed by atoms with van der Waals surface area (Å²) in [5.74, 6) is 15.3. The van der Waals surface area contributed by atoms with Crippen LogP contribution in [0.1, 0.15) is 330 Å². The van der Waals surface area contributed by atoms with Crippen LogP contribution >= 0.6 is 0 Å². The molecule has 0 bridgehead atoms. The largest absolute Gasteiger partial charge is 0.481 e. The fourth-order valence-corrected chi connectivity index (χ4v) is 14.5. The van der Waals surface area contributed by atoms with E-state index in [4.69, 9.17) is 10.2 Å². The molecule has 0 aliphatic heterocycles. The highest BCUT2D eigenvalue weighted by molar-refractivity contribution is 5.67. The Morgan fingerprint density at radius 2 is 0.711 bits per heavy atom. The zero-order chi connectivity index (χ0) is 57.3. The minimum atomic E-state index is -0.654. The van der Waals surface area contributed by atoms with Gasteiger partial charge in [-0.15, -0.1) is 0 Å². The maximum Gasteiger partial charge on any atom is 0.303 e. The molecule has 14 unspecified atom stereocenters. The van der Waals surface area contributed by atoms with Crippen molar-refractivity contribution in [1.82, 2.24) is 0 Å². The first-order valence-electron chi connectivity index (χ1n) is 34.2. The van der Waals surface area contributed by atoms with Gasteiger partial charge in [0, 0.05) is 12.8 Å². The summed E-state index contributed by atoms with van der Waals surface area (Å²) in [5, 5.41) is 17.7. The van der Waals surface area contributed by atoms with Crippen LogP contribution in [0.2, 0.25) is 0 Å². The lowest BCUT2D eigenvalue weighted by Gasteiger charge is -2.25. The summed E-state index contributed by atoms with van der Waals surface area (Å²) in [7, 11) is 0. The molecule has 0 heterocycles. The van der Waals surface area contributed by atoms with E-state index in [1.165, 1.54) is 186 Å². The van der Waals surface area contributed by atoms with Gasteiger partial charge < -0.3 is 10.2 Å². The molecular formula is C72H140O4. The maximum atomic E-state index is 10.9. The number of hydrogen-bond donors (Lipinski definition) is 2. The standard InChI is InChI=1S/C36H74.C19H34O2.C17H32O2/c1-29(2)15-11-19-33(9)23-25-35(21-13-17-31(5)6)27-28-36(22-14-18-32(7)8)26-24-34(10)20-12-16-30(3)4;1-12(2)14(4)16-6-8-18(11-16)17-7-5-15(10-17)13(3)9-19(20)21;1-12(2)14(4)16-9-8-15(11-16)7-5-6-13(3)10-17(18)19/h29-36H,11-28H2,1-10H3;12-18H,5-11H2,1-4H3,(H,20,21);12-16H,5-11H2,1-4H3,(H,18,19). The molecule has 0 aromatic heterocycles. The lowest BCUT2D eigenvalue weighted by atomic mass is 9.81. The molecule has 0 radical (unpaired) electrons. The van der Waals surface area contributed by atoms with Crippen LogP contribution in [0.15, 0.2) is 0 Å². The number of carbonyl (C=O) groups is 2. The Hall–Kier alpha value is -1.06. The van der Waals surface area contributed by atoms with Crippen molar-refractivity contribution in [3.05, 3.63) is 0 Å². The molecule has 0 aromatic rings. The molecular weight excluding hydrogens is 929 g/mol. The van der Waals surface area contributed by atoms with Crippen molar-refractivity contribution < 1.29 is 19.8 Å². The normalized spacial score (nSPS) is 24.1. The molecule has 3 fully saturated rings. The van der Waals surface area contributed by atoms with Crippen molar-refractivity contribution >= 4 is 11.9 Å². The van der Waals surface area contributed by atoms with Crippen LogP contribution in [0.3, 0.4) is 0 Å². The van der Waals surface area contributed by atoms with E-state index < -0.39 is 11.9 Å². The number of carboxylic acids is 2. The Bertz CT molecular complexity index is 1350. The molecule has 4 heteroatoms. The Morgan fingerprint density at radius 1 is 0.355 bits per heavy atom. The third-order valence-electron chi connectivity index (χ3n) is 20.9. The lowest BCUT2D eigenvalue weighted by molar-refractivity contribution is -0.139. The van der Waals surface area contributed by atoms with Gasteiger partial charge in [-0.25, -0.2) is 0 Å². The second kappa shape index (κ2) is 41.9. The zero-order valence-electron chi connectivity index (χ0n) is 54.9. The fraction of sp³-hybridized carbons (Fsp3) is 0.972. The first-order chi connectivity index (χ1) is 35.8. The zero-order valence-corrected chi connectivity index (χ0v) is 54.9. The Labute approximate surface area is 478 Å². The Kier molecular flexibility index (Phi) is 40.2. The first-order valence-corrected chi connectivity index (χ1v) is 34.2. The van der Waals surface area contributed by atoms with Gasteiger partial charge in [0.25, 0.3) is 0 Å². The number of hydrogen-bond acceptors (Lipinski definition) is 2. The van der Waals surface area contributed by atoms with Crippen LogP contribution in [0.5, 0.6) is 0 Å². The van der Waals surface area contributed by atoms with Crippen molar-refractivity contribution in [2.45, 2.75) is 330 Å². The third-order valence-corrected chi connectivity index (χ3v) is 20.9. The average molecular weight is 1070 g/mol. The minimum absolute atomic E-state index is 0.331. The summed E-state index contributed by atoms with van der Waals surface area (Å²) >= 11 is 0. The second-order valence-corrected chi connectivity index (χ2v) is 30.5. The summed E-state index contributed by atoms with van der Waals surface area (Å²) in [6.45, 7) is 42.6. The molecule has 3 aliphatic carbocycles. The number of aliphatic carboxylic acids is 2. The van der Waals surface area contributed by atoms with Crippen molar-refractivity contribution in [2.75, 3.05) is 0 Å². The molecule has 0 aromatic carbocycles. The van der Waals surface area contributed by atoms with E-state index in [9.17, 15) is 9.59 Å². The van der Waals surface area contributed by atoms with Gasteiger partial charge in [-0.2, -0.15) is 0 Å². The highest BCUT2D eigenvalue weighted by atomic mass is 16.4. The Morgan fingerprint density at radius 3 is 1.12 bits per heavy atom. The van der Waals surface area contributed by atoms with Gasteiger partial charge in [-0.05, 0) is 170 Å². The van der Waals surface area contributed by atoms with Crippen LogP contribution in [-0.2, 0) is 9.59 Å². The Balaban J connectivity index is 0.000000611. The minimum Gasteiger partial charge on any atom is -0.481 e. The van der Waals surface area contributed by atoms with Crippen molar-refractivity contribution in [3.63, 3.8) is 0 Å². The summed E-state index contributed by atoms with van der Waals surface area (Å²) < 4.78 is 0. The predicted octanol–water partition coefficient (Wildman–Crippen LogP) is 23.3. The summed E-state index contributed by atoms with van der Waals surface area (Å²) in [6.07, 6.45) is 42.9. The van der Waals surface area contributed by atoms with Crippen LogP contribution in [0.4, 0.5) is 0 Å². The van der Waals surface area contributed by atoms with Crippen LogP contribution in [-0.4, -0.2) is 22.2 Å². The van der Waals surface area contributed by atoms with Gasteiger partial charge in [0.15, 0.2) is 0 Å². The topological polar surface area (TPSA) is 74.6 Å². The van der Waals surface area contributed by atoms with Crippen LogP contribution < -0.4 is 0 Å². The van der Waals surface area contributed by atoms with E-state index in [0.29, 0.717) is 30.6 Å². The molecule has 452 valence electrons. The molecule has 0 amide bonds. The van der Waals surface area contributed by atoms with E-state index in [2.05, 4.69) is 125 Å². The van der Waals surface area contributed by atoms with E-state index in [1.54, 1.807) is 0 Å². The van der Waals surface area contributed by atoms with Crippen molar-refractivity contribution in [2.24, 2.45) is 118 Å². The average Bonchev–Trinajstić information content (AvgIpc) is 4.13. The fourth-order valence-electron chi connectivity index (χ4n) is 14.5. The summed E-state index contributed by atoms with van der Waals surface area (Å²) in [6, 6.07) is 0. The quantitative estimate of drug-likeness (QED) is 0.0643.